The van der Waals surface area contributed by atoms with Gasteiger partial charge in [0, 0.05) is 23.0 Å². The predicted octanol–water partition coefficient (Wildman–Crippen LogP) is -1.53. The number of carboxylic acids is 2. The van der Waals surface area contributed by atoms with Crippen molar-refractivity contribution in [2.75, 3.05) is 23.8 Å². The van der Waals surface area contributed by atoms with E-state index in [1.165, 1.54) is 16.4 Å². The van der Waals surface area contributed by atoms with Crippen LogP contribution in [-0.4, -0.2) is 104 Å². The molecule has 39 heavy (non-hydrogen) atoms. The van der Waals surface area contributed by atoms with Crippen molar-refractivity contribution in [2.24, 2.45) is 5.16 Å². The third kappa shape index (κ3) is 6.10. The number of thioether (sulfide) groups is 2. The molecular formula is C19H18N10O7S3. The van der Waals surface area contributed by atoms with E-state index in [0.29, 0.717) is 10.7 Å². The molecule has 2 aliphatic heterocycles. The molecule has 1 fully saturated rings. The maximum atomic E-state index is 13.0. The number of nitrogen functional groups attached to an aromatic ring is 1. The molecule has 204 valence electrons. The molecule has 5 N–H and O–H groups in total. The Hall–Kier alpha value is -4.22. The molecule has 0 spiro atoms. The van der Waals surface area contributed by atoms with Crippen molar-refractivity contribution in [1.29, 1.82) is 0 Å². The number of nitrogens with zero attached hydrogens (tertiary/aromatic N) is 8. The standard InChI is InChI=1S/C19H18N10O7S3/c1-2-5-36-24-10(13-22-18(20)39-25-13)14(32)21-11-15(33)29-12(17(34)35)8(6-37-16(11)29)7-38-19-23-26-27-28(19)4-3-9(30)31/h1,11,16H,3-7H2,(H,21,32)(H,30,31)(H,34,35)(H2,20,22,25)/t11?,16-/m0/s1. The van der Waals surface area contributed by atoms with Crippen molar-refractivity contribution in [3.8, 4) is 12.3 Å². The lowest BCUT2D eigenvalue weighted by Gasteiger charge is -2.49. The molecule has 2 atom stereocenters. The topological polar surface area (TPSA) is 241 Å². The fraction of sp³-hybridized carbons (Fsp3) is 0.368. The number of amides is 2. The molecule has 1 unspecified atom stereocenters. The average Bonchev–Trinajstić information content (AvgIpc) is 3.54. The molecule has 17 nitrogen and oxygen atoms in total. The normalized spacial score (nSPS) is 18.7. The molecule has 0 radical (unpaired) electrons. The van der Waals surface area contributed by atoms with Gasteiger partial charge in [-0.1, -0.05) is 22.8 Å². The van der Waals surface area contributed by atoms with E-state index < -0.39 is 35.2 Å². The summed E-state index contributed by atoms with van der Waals surface area (Å²) in [6, 6.07) is -1.05. The Kier molecular flexibility index (Phi) is 8.62. The van der Waals surface area contributed by atoms with Crippen LogP contribution >= 0.6 is 35.1 Å². The highest BCUT2D eigenvalue weighted by Gasteiger charge is 2.54. The molecule has 1 saturated heterocycles. The molecule has 4 rings (SSSR count). The summed E-state index contributed by atoms with van der Waals surface area (Å²) in [5.41, 5.74) is 5.47. The Morgan fingerprint density at radius 2 is 2.15 bits per heavy atom. The van der Waals surface area contributed by atoms with Gasteiger partial charge in [-0.3, -0.25) is 19.3 Å². The number of hydrogen-bond donors (Lipinski definition) is 4. The minimum absolute atomic E-state index is 0.0421. The first-order valence-corrected chi connectivity index (χ1v) is 13.6. The summed E-state index contributed by atoms with van der Waals surface area (Å²) >= 11 is 3.19. The van der Waals surface area contributed by atoms with Crippen molar-refractivity contribution in [3.63, 3.8) is 0 Å². The number of carboxylic acid groups (broad SMARTS) is 2. The molecular weight excluding hydrogens is 576 g/mol. The first-order valence-electron chi connectivity index (χ1n) is 10.8. The van der Waals surface area contributed by atoms with Crippen LogP contribution in [-0.2, 0) is 30.6 Å². The molecule has 0 aromatic carbocycles. The van der Waals surface area contributed by atoms with Crippen LogP contribution < -0.4 is 11.1 Å². The van der Waals surface area contributed by atoms with Gasteiger partial charge in [0.15, 0.2) is 11.7 Å². The number of oxime groups is 1. The molecule has 2 aromatic heterocycles. The zero-order valence-corrected chi connectivity index (χ0v) is 22.0. The third-order valence-corrected chi connectivity index (χ3v) is 8.05. The Morgan fingerprint density at radius 3 is 2.82 bits per heavy atom. The Bertz CT molecular complexity index is 1410. The molecule has 2 aromatic rings. The number of fused-ring (bicyclic) bond motifs is 1. The lowest BCUT2D eigenvalue weighted by atomic mass is 10.0. The van der Waals surface area contributed by atoms with E-state index in [1.54, 1.807) is 0 Å². The maximum absolute atomic E-state index is 13.0. The van der Waals surface area contributed by atoms with Gasteiger partial charge in [0.25, 0.3) is 11.8 Å². The van der Waals surface area contributed by atoms with E-state index in [1.807, 2.05) is 0 Å². The second-order valence-electron chi connectivity index (χ2n) is 7.61. The van der Waals surface area contributed by atoms with Crippen molar-refractivity contribution >= 4 is 69.7 Å². The number of β-lactam (4-membered cyclic amide) rings is 1. The maximum Gasteiger partial charge on any atom is 0.352 e. The lowest BCUT2D eigenvalue weighted by molar-refractivity contribution is -0.150. The summed E-state index contributed by atoms with van der Waals surface area (Å²) in [7, 11) is 0. The van der Waals surface area contributed by atoms with E-state index in [4.69, 9.17) is 22.1 Å². The molecule has 0 bridgehead atoms. The van der Waals surface area contributed by atoms with Crippen molar-refractivity contribution < 1.29 is 34.2 Å². The van der Waals surface area contributed by atoms with Crippen LogP contribution in [0.3, 0.4) is 0 Å². The van der Waals surface area contributed by atoms with Crippen molar-refractivity contribution in [3.05, 3.63) is 17.1 Å². The SMILES string of the molecule is C#CCON=C(C(=O)NC1C(=O)N2C(C(=O)O)=C(CSc3nnnn3CCC(=O)O)CS[C@@H]12)c1nsc(N)n1. The number of tetrazole rings is 1. The van der Waals surface area contributed by atoms with E-state index in [9.17, 15) is 24.3 Å². The van der Waals surface area contributed by atoms with Crippen LogP contribution in [0.4, 0.5) is 5.13 Å². The van der Waals surface area contributed by atoms with Crippen LogP contribution in [0.25, 0.3) is 0 Å². The van der Waals surface area contributed by atoms with Crippen LogP contribution in [0.5, 0.6) is 0 Å². The molecule has 0 aliphatic carbocycles. The van der Waals surface area contributed by atoms with Gasteiger partial charge >= 0.3 is 11.9 Å². The van der Waals surface area contributed by atoms with Crippen LogP contribution in [0.15, 0.2) is 21.6 Å². The van der Waals surface area contributed by atoms with Crippen molar-refractivity contribution in [1.82, 2.24) is 39.8 Å². The molecule has 4 heterocycles. The fourth-order valence-corrected chi connectivity index (χ4v) is 6.27. The highest BCUT2D eigenvalue weighted by atomic mass is 32.2. The Morgan fingerprint density at radius 1 is 1.36 bits per heavy atom. The summed E-state index contributed by atoms with van der Waals surface area (Å²) in [5.74, 6) is -1.36. The van der Waals surface area contributed by atoms with Crippen LogP contribution in [0, 0.1) is 12.3 Å². The minimum atomic E-state index is -1.31. The number of aryl methyl sites for hydroxylation is 1. The van der Waals surface area contributed by atoms with Gasteiger partial charge in [-0.25, -0.2) is 9.48 Å². The van der Waals surface area contributed by atoms with E-state index in [0.717, 1.165) is 28.2 Å². The highest BCUT2D eigenvalue weighted by Crippen LogP contribution is 2.41. The highest BCUT2D eigenvalue weighted by molar-refractivity contribution is 8.01. The van der Waals surface area contributed by atoms with Gasteiger partial charge in [-0.05, 0) is 16.0 Å². The Balaban J connectivity index is 1.47. The average molecular weight is 595 g/mol. The first kappa shape index (κ1) is 27.8. The predicted molar refractivity (Wildman–Crippen MR) is 136 cm³/mol. The number of nitrogens with one attached hydrogen (secondary N) is 1. The Labute approximate surface area is 231 Å². The van der Waals surface area contributed by atoms with Crippen molar-refractivity contribution in [2.45, 2.75) is 29.5 Å². The van der Waals surface area contributed by atoms with Gasteiger partial charge < -0.3 is 26.1 Å². The second kappa shape index (κ2) is 12.1. The number of rotatable bonds is 12. The second-order valence-corrected chi connectivity index (χ2v) is 10.4. The zero-order chi connectivity index (χ0) is 28.1. The number of nitrogens with two attached hydrogens (primary N) is 1. The summed E-state index contributed by atoms with van der Waals surface area (Å²) < 4.78 is 5.23. The number of hydrogen-bond acceptors (Lipinski definition) is 15. The molecule has 2 amide bonds. The van der Waals surface area contributed by atoms with Crippen LogP contribution in [0.2, 0.25) is 0 Å². The quantitative estimate of drug-likeness (QED) is 0.0544. The van der Waals surface area contributed by atoms with Gasteiger partial charge in [0.05, 0.1) is 13.0 Å². The number of carbonyl (C=O) groups excluding carboxylic acids is 2. The van der Waals surface area contributed by atoms with E-state index in [-0.39, 0.29) is 53.4 Å². The van der Waals surface area contributed by atoms with Gasteiger partial charge in [-0.2, -0.15) is 9.36 Å². The van der Waals surface area contributed by atoms with E-state index >= 15 is 0 Å². The summed E-state index contributed by atoms with van der Waals surface area (Å²) in [6.45, 7) is -0.190. The largest absolute Gasteiger partial charge is 0.481 e. The molecule has 20 heteroatoms. The number of carbonyl (C=O) groups is 4. The third-order valence-electron chi connectivity index (χ3n) is 5.12. The fourth-order valence-electron chi connectivity index (χ4n) is 3.45. The molecule has 0 saturated carbocycles. The number of aliphatic carboxylic acids is 2. The zero-order valence-electron chi connectivity index (χ0n) is 19.6. The number of terminal acetylenes is 1. The minimum Gasteiger partial charge on any atom is -0.481 e. The van der Waals surface area contributed by atoms with Crippen LogP contribution in [0.1, 0.15) is 12.2 Å². The lowest BCUT2D eigenvalue weighted by Crippen LogP contribution is -2.71. The van der Waals surface area contributed by atoms with E-state index in [2.05, 4.69) is 41.3 Å². The smallest absolute Gasteiger partial charge is 0.352 e. The van der Waals surface area contributed by atoms with Gasteiger partial charge in [0.1, 0.15) is 17.1 Å². The number of anilines is 1. The summed E-state index contributed by atoms with van der Waals surface area (Å²) in [4.78, 5) is 58.8. The summed E-state index contributed by atoms with van der Waals surface area (Å²) in [5, 5.41) is 35.8. The molecule has 2 aliphatic rings. The van der Waals surface area contributed by atoms with Gasteiger partial charge in [-0.15, -0.1) is 23.3 Å². The van der Waals surface area contributed by atoms with Gasteiger partial charge in [0.2, 0.25) is 16.7 Å². The monoisotopic (exact) mass is 594 g/mol. The summed E-state index contributed by atoms with van der Waals surface area (Å²) in [6.07, 6.45) is 4.94. The number of aromatic nitrogens is 6. The first-order chi connectivity index (χ1) is 18.7.